The molecule has 0 aliphatic carbocycles. The molecular weight excluding hydrogens is 171 g/mol. The Morgan fingerprint density at radius 1 is 1.42 bits per heavy atom. The van der Waals surface area contributed by atoms with E-state index in [0.717, 1.165) is 12.3 Å². The van der Waals surface area contributed by atoms with Crippen molar-refractivity contribution in [3.8, 4) is 0 Å². The SMILES string of the molecule is Cc1ccn(C(F)(F)F)c(=O)c1. The Morgan fingerprint density at radius 3 is 2.42 bits per heavy atom. The summed E-state index contributed by atoms with van der Waals surface area (Å²) in [6.45, 7) is 1.56. The smallest absolute Gasteiger partial charge is 0.269 e. The largest absolute Gasteiger partial charge is 0.491 e. The average Bonchev–Trinajstić information content (AvgIpc) is 1.83. The van der Waals surface area contributed by atoms with Gasteiger partial charge in [-0.2, -0.15) is 0 Å². The number of rotatable bonds is 0. The van der Waals surface area contributed by atoms with Crippen LogP contribution in [0.2, 0.25) is 0 Å². The first-order valence-electron chi connectivity index (χ1n) is 3.18. The van der Waals surface area contributed by atoms with Gasteiger partial charge in [0.1, 0.15) is 0 Å². The lowest BCUT2D eigenvalue weighted by Gasteiger charge is -2.08. The average molecular weight is 177 g/mol. The number of alkyl halides is 3. The highest BCUT2D eigenvalue weighted by Crippen LogP contribution is 2.19. The molecule has 66 valence electrons. The zero-order chi connectivity index (χ0) is 9.35. The maximum Gasteiger partial charge on any atom is 0.491 e. The van der Waals surface area contributed by atoms with E-state index in [1.54, 1.807) is 6.92 Å². The summed E-state index contributed by atoms with van der Waals surface area (Å²) in [5.74, 6) is 0. The molecule has 0 aromatic carbocycles. The fourth-order valence-corrected chi connectivity index (χ4v) is 0.787. The summed E-state index contributed by atoms with van der Waals surface area (Å²) in [7, 11) is 0. The van der Waals surface area contributed by atoms with Crippen LogP contribution >= 0.6 is 0 Å². The molecule has 12 heavy (non-hydrogen) atoms. The maximum atomic E-state index is 11.9. The van der Waals surface area contributed by atoms with Crippen LogP contribution in [0.25, 0.3) is 0 Å². The highest BCUT2D eigenvalue weighted by molar-refractivity contribution is 5.08. The van der Waals surface area contributed by atoms with Crippen LogP contribution in [0, 0.1) is 6.92 Å². The normalized spacial score (nSPS) is 11.7. The molecule has 0 aliphatic heterocycles. The van der Waals surface area contributed by atoms with E-state index >= 15 is 0 Å². The van der Waals surface area contributed by atoms with Crippen LogP contribution in [0.3, 0.4) is 0 Å². The first kappa shape index (κ1) is 8.83. The molecule has 0 bridgehead atoms. The van der Waals surface area contributed by atoms with Gasteiger partial charge in [-0.05, 0) is 18.6 Å². The van der Waals surface area contributed by atoms with Crippen LogP contribution in [-0.4, -0.2) is 4.57 Å². The molecule has 0 unspecified atom stereocenters. The second-order valence-electron chi connectivity index (χ2n) is 2.38. The molecule has 1 heterocycles. The van der Waals surface area contributed by atoms with Crippen molar-refractivity contribution in [1.29, 1.82) is 0 Å². The topological polar surface area (TPSA) is 22.0 Å². The minimum absolute atomic E-state index is 0.264. The lowest BCUT2D eigenvalue weighted by molar-refractivity contribution is -0.206. The van der Waals surface area contributed by atoms with Crippen LogP contribution in [0.15, 0.2) is 23.1 Å². The Hall–Kier alpha value is -1.26. The Labute approximate surface area is 66.2 Å². The van der Waals surface area contributed by atoms with E-state index in [1.165, 1.54) is 6.07 Å². The van der Waals surface area contributed by atoms with Crippen molar-refractivity contribution in [1.82, 2.24) is 4.57 Å². The van der Waals surface area contributed by atoms with Crippen molar-refractivity contribution in [3.05, 3.63) is 34.2 Å². The van der Waals surface area contributed by atoms with E-state index in [9.17, 15) is 18.0 Å². The van der Waals surface area contributed by atoms with Crippen LogP contribution in [-0.2, 0) is 6.30 Å². The Morgan fingerprint density at radius 2 is 2.00 bits per heavy atom. The van der Waals surface area contributed by atoms with Crippen molar-refractivity contribution < 1.29 is 13.2 Å². The number of hydrogen-bond acceptors (Lipinski definition) is 1. The van der Waals surface area contributed by atoms with E-state index in [2.05, 4.69) is 0 Å². The summed E-state index contributed by atoms with van der Waals surface area (Å²) in [5.41, 5.74) is -0.539. The standard InChI is InChI=1S/C7H6F3NO/c1-5-2-3-11(6(12)4-5)7(8,9)10/h2-4H,1H3. The van der Waals surface area contributed by atoms with Gasteiger partial charge >= 0.3 is 6.30 Å². The monoisotopic (exact) mass is 177 g/mol. The lowest BCUT2D eigenvalue weighted by atomic mass is 10.3. The van der Waals surface area contributed by atoms with Gasteiger partial charge in [0.15, 0.2) is 0 Å². The number of aromatic nitrogens is 1. The molecule has 1 aromatic heterocycles. The van der Waals surface area contributed by atoms with Gasteiger partial charge in [0.25, 0.3) is 5.56 Å². The van der Waals surface area contributed by atoms with Crippen molar-refractivity contribution >= 4 is 0 Å². The van der Waals surface area contributed by atoms with Crippen molar-refractivity contribution in [2.75, 3.05) is 0 Å². The third kappa shape index (κ3) is 1.66. The summed E-state index contributed by atoms with van der Waals surface area (Å²) in [6, 6.07) is 2.17. The second kappa shape index (κ2) is 2.66. The molecule has 0 spiro atoms. The summed E-state index contributed by atoms with van der Waals surface area (Å²) < 4.78 is 35.6. The molecule has 0 N–H and O–H groups in total. The van der Waals surface area contributed by atoms with Gasteiger partial charge in [-0.25, -0.2) is 4.57 Å². The van der Waals surface area contributed by atoms with Crippen molar-refractivity contribution in [3.63, 3.8) is 0 Å². The van der Waals surface area contributed by atoms with E-state index in [-0.39, 0.29) is 4.57 Å². The molecule has 0 atom stereocenters. The quantitative estimate of drug-likeness (QED) is 0.590. The molecule has 0 saturated carbocycles. The summed E-state index contributed by atoms with van der Waals surface area (Å²) in [6.07, 6.45) is -3.90. The molecule has 0 radical (unpaired) electrons. The summed E-state index contributed by atoms with van der Waals surface area (Å²) >= 11 is 0. The molecule has 0 amide bonds. The van der Waals surface area contributed by atoms with Crippen LogP contribution in [0.1, 0.15) is 5.56 Å². The van der Waals surface area contributed by atoms with Crippen molar-refractivity contribution in [2.24, 2.45) is 0 Å². The van der Waals surface area contributed by atoms with E-state index < -0.39 is 11.9 Å². The van der Waals surface area contributed by atoms with E-state index in [0.29, 0.717) is 5.56 Å². The Balaban J connectivity index is 3.29. The zero-order valence-corrected chi connectivity index (χ0v) is 6.22. The minimum Gasteiger partial charge on any atom is -0.269 e. The molecule has 2 nitrogen and oxygen atoms in total. The molecular formula is C7H6F3NO. The Bertz CT molecular complexity index is 339. The van der Waals surface area contributed by atoms with E-state index in [1.807, 2.05) is 0 Å². The lowest BCUT2D eigenvalue weighted by Crippen LogP contribution is -2.29. The number of halogens is 3. The van der Waals surface area contributed by atoms with Crippen LogP contribution < -0.4 is 5.56 Å². The van der Waals surface area contributed by atoms with Crippen LogP contribution in [0.4, 0.5) is 13.2 Å². The van der Waals surface area contributed by atoms with Crippen molar-refractivity contribution in [2.45, 2.75) is 13.2 Å². The molecule has 1 rings (SSSR count). The number of nitrogens with zero attached hydrogens (tertiary/aromatic N) is 1. The predicted octanol–water partition coefficient (Wildman–Crippen LogP) is 1.63. The summed E-state index contributed by atoms with van der Waals surface area (Å²) in [5, 5.41) is 0. The fraction of sp³-hybridized carbons (Fsp3) is 0.286. The van der Waals surface area contributed by atoms with Gasteiger partial charge < -0.3 is 0 Å². The van der Waals surface area contributed by atoms with Gasteiger partial charge in [-0.15, -0.1) is 13.2 Å². The number of aryl methyl sites for hydroxylation is 1. The van der Waals surface area contributed by atoms with E-state index in [4.69, 9.17) is 0 Å². The van der Waals surface area contributed by atoms with Gasteiger partial charge in [0.05, 0.1) is 0 Å². The Kier molecular flexibility index (Phi) is 1.95. The second-order valence-corrected chi connectivity index (χ2v) is 2.38. The first-order chi connectivity index (χ1) is 5.41. The molecule has 5 heteroatoms. The minimum atomic E-state index is -4.62. The highest BCUT2D eigenvalue weighted by Gasteiger charge is 2.31. The highest BCUT2D eigenvalue weighted by atomic mass is 19.4. The zero-order valence-electron chi connectivity index (χ0n) is 6.22. The third-order valence-electron chi connectivity index (χ3n) is 1.35. The van der Waals surface area contributed by atoms with Crippen LogP contribution in [0.5, 0.6) is 0 Å². The third-order valence-corrected chi connectivity index (χ3v) is 1.35. The van der Waals surface area contributed by atoms with Gasteiger partial charge in [-0.1, -0.05) is 0 Å². The number of hydrogen-bond donors (Lipinski definition) is 0. The van der Waals surface area contributed by atoms with Gasteiger partial charge in [0, 0.05) is 12.3 Å². The summed E-state index contributed by atoms with van der Waals surface area (Å²) in [4.78, 5) is 10.7. The fourth-order valence-electron chi connectivity index (χ4n) is 0.787. The molecule has 0 aliphatic rings. The predicted molar refractivity (Wildman–Crippen MR) is 36.7 cm³/mol. The molecule has 0 fully saturated rings. The van der Waals surface area contributed by atoms with Gasteiger partial charge in [-0.3, -0.25) is 4.79 Å². The van der Waals surface area contributed by atoms with Gasteiger partial charge in [0.2, 0.25) is 0 Å². The number of pyridine rings is 1. The molecule has 0 saturated heterocycles. The first-order valence-corrected chi connectivity index (χ1v) is 3.18. The maximum absolute atomic E-state index is 11.9. The molecule has 1 aromatic rings.